The lowest BCUT2D eigenvalue weighted by atomic mass is 9.81. The van der Waals surface area contributed by atoms with Gasteiger partial charge in [-0.15, -0.1) is 0 Å². The molecule has 11 aromatic carbocycles. The van der Waals surface area contributed by atoms with Gasteiger partial charge in [0.2, 0.25) is 0 Å². The van der Waals surface area contributed by atoms with Gasteiger partial charge in [0.1, 0.15) is 0 Å². The Morgan fingerprint density at radius 2 is 0.853 bits per heavy atom. The minimum absolute atomic E-state index is 0.150. The van der Waals surface area contributed by atoms with E-state index in [-0.39, 0.29) is 5.92 Å². The average Bonchev–Trinajstić information content (AvgIpc) is 4.04. The van der Waals surface area contributed by atoms with Gasteiger partial charge in [0.05, 0.1) is 11.0 Å². The molecule has 0 aliphatic heterocycles. The highest BCUT2D eigenvalue weighted by Crippen LogP contribution is 2.55. The van der Waals surface area contributed by atoms with Crippen LogP contribution in [-0.4, -0.2) is 4.57 Å². The van der Waals surface area contributed by atoms with Gasteiger partial charge in [0, 0.05) is 22.4 Å². The van der Waals surface area contributed by atoms with Crippen LogP contribution in [0.3, 0.4) is 0 Å². The minimum atomic E-state index is 0.150. The molecule has 0 unspecified atom stereocenters. The standard InChI is InChI=1S/C67H45N/c1-2-17-48(18-3-1)68-64-29-15-14-25-57(64)62-40-45(36-39-65(62)68)44-33-30-43(31-34-44)32-37-50(61-41-46-16-4-5-19-49(46)51-20-6-7-24-55(51)61)47-35-38-56-54-23-10-13-28-60(54)67(63(56)42-47)66-58-26-11-8-21-52(58)53-22-9-12-27-59(53)66/h1-31,33-36,38-42,50H,32,37H2/t50-/m0/s1. The van der Waals surface area contributed by atoms with Crippen LogP contribution in [-0.2, 0) is 6.42 Å². The fourth-order valence-corrected chi connectivity index (χ4v) is 11.9. The molecule has 0 saturated carbocycles. The molecule has 14 rings (SSSR count). The summed E-state index contributed by atoms with van der Waals surface area (Å²) >= 11 is 0. The first-order valence-corrected chi connectivity index (χ1v) is 24.0. The molecule has 12 aromatic rings. The van der Waals surface area contributed by atoms with Gasteiger partial charge in [-0.05, 0) is 160 Å². The van der Waals surface area contributed by atoms with Crippen molar-refractivity contribution in [1.29, 1.82) is 0 Å². The van der Waals surface area contributed by atoms with Gasteiger partial charge in [0.15, 0.2) is 0 Å². The maximum atomic E-state index is 2.56. The molecule has 0 spiro atoms. The number of para-hydroxylation sites is 2. The van der Waals surface area contributed by atoms with Crippen molar-refractivity contribution in [1.82, 2.24) is 4.57 Å². The van der Waals surface area contributed by atoms with E-state index in [2.05, 4.69) is 247 Å². The number of aryl methyl sites for hydroxylation is 1. The molecule has 318 valence electrons. The van der Waals surface area contributed by atoms with E-state index in [0.29, 0.717) is 0 Å². The average molecular weight is 864 g/mol. The van der Waals surface area contributed by atoms with Crippen molar-refractivity contribution in [2.45, 2.75) is 18.8 Å². The monoisotopic (exact) mass is 863 g/mol. The Balaban J connectivity index is 0.881. The van der Waals surface area contributed by atoms with Crippen LogP contribution in [0.4, 0.5) is 0 Å². The molecule has 0 saturated heterocycles. The number of fused-ring (bicyclic) bond motifs is 12. The molecular weight excluding hydrogens is 819 g/mol. The zero-order valence-electron chi connectivity index (χ0n) is 37.5. The summed E-state index contributed by atoms with van der Waals surface area (Å²) in [5.74, 6) is 0.150. The summed E-state index contributed by atoms with van der Waals surface area (Å²) in [7, 11) is 0. The highest BCUT2D eigenvalue weighted by molar-refractivity contribution is 6.19. The third kappa shape index (κ3) is 6.02. The molecule has 0 fully saturated rings. The zero-order valence-corrected chi connectivity index (χ0v) is 37.5. The first kappa shape index (κ1) is 38.7. The number of hydrogen-bond donors (Lipinski definition) is 0. The summed E-state index contributed by atoms with van der Waals surface area (Å²) < 4.78 is 2.39. The molecule has 1 atom stereocenters. The van der Waals surface area contributed by atoms with Gasteiger partial charge in [-0.3, -0.25) is 0 Å². The van der Waals surface area contributed by atoms with Gasteiger partial charge < -0.3 is 4.57 Å². The smallest absolute Gasteiger partial charge is 0.0541 e. The van der Waals surface area contributed by atoms with Gasteiger partial charge >= 0.3 is 0 Å². The Kier molecular flexibility index (Phi) is 8.85. The lowest BCUT2D eigenvalue weighted by Crippen LogP contribution is -2.05. The molecule has 0 bridgehead atoms. The molecule has 1 heteroatoms. The molecule has 2 aliphatic rings. The fraction of sp³-hybridized carbons (Fsp3) is 0.0448. The second kappa shape index (κ2) is 15.5. The van der Waals surface area contributed by atoms with Crippen molar-refractivity contribution < 1.29 is 0 Å². The molecule has 0 radical (unpaired) electrons. The summed E-state index contributed by atoms with van der Waals surface area (Å²) in [5.41, 5.74) is 23.4. The van der Waals surface area contributed by atoms with Gasteiger partial charge in [0.25, 0.3) is 0 Å². The molecule has 1 nitrogen and oxygen atoms in total. The van der Waals surface area contributed by atoms with Crippen LogP contribution in [0.25, 0.3) is 93.6 Å². The van der Waals surface area contributed by atoms with Crippen LogP contribution in [0.5, 0.6) is 0 Å². The normalized spacial score (nSPS) is 13.0. The van der Waals surface area contributed by atoms with Crippen molar-refractivity contribution in [3.63, 3.8) is 0 Å². The molecule has 1 aromatic heterocycles. The van der Waals surface area contributed by atoms with E-state index in [1.54, 1.807) is 0 Å². The fourth-order valence-electron chi connectivity index (χ4n) is 11.9. The van der Waals surface area contributed by atoms with Crippen LogP contribution in [0.15, 0.2) is 243 Å². The summed E-state index contributed by atoms with van der Waals surface area (Å²) in [6.07, 6.45) is 1.91. The van der Waals surface area contributed by atoms with Crippen LogP contribution in [0, 0.1) is 0 Å². The largest absolute Gasteiger partial charge is 0.309 e. The van der Waals surface area contributed by atoms with E-state index in [0.717, 1.165) is 12.8 Å². The van der Waals surface area contributed by atoms with Crippen LogP contribution >= 0.6 is 0 Å². The van der Waals surface area contributed by atoms with Crippen LogP contribution in [0.1, 0.15) is 51.3 Å². The number of rotatable bonds is 7. The van der Waals surface area contributed by atoms with Crippen molar-refractivity contribution >= 4 is 54.5 Å². The lowest BCUT2D eigenvalue weighted by Gasteiger charge is -2.23. The minimum Gasteiger partial charge on any atom is -0.309 e. The molecule has 1 heterocycles. The van der Waals surface area contributed by atoms with E-state index in [9.17, 15) is 0 Å². The van der Waals surface area contributed by atoms with Gasteiger partial charge in [-0.1, -0.05) is 200 Å². The number of aromatic nitrogens is 1. The number of hydrogen-bond acceptors (Lipinski definition) is 0. The maximum Gasteiger partial charge on any atom is 0.0541 e. The van der Waals surface area contributed by atoms with Crippen molar-refractivity contribution in [2.24, 2.45) is 0 Å². The van der Waals surface area contributed by atoms with E-state index >= 15 is 0 Å². The van der Waals surface area contributed by atoms with Crippen LogP contribution in [0.2, 0.25) is 0 Å². The lowest BCUT2D eigenvalue weighted by molar-refractivity contribution is 0.720. The summed E-state index contributed by atoms with van der Waals surface area (Å²) in [6, 6.07) is 90.7. The number of benzene rings is 11. The summed E-state index contributed by atoms with van der Waals surface area (Å²) in [4.78, 5) is 0. The maximum absolute atomic E-state index is 2.56. The van der Waals surface area contributed by atoms with Crippen molar-refractivity contribution in [3.8, 4) is 39.1 Å². The molecular formula is C67H45N. The number of nitrogens with zero attached hydrogens (tertiary/aromatic N) is 1. The third-order valence-electron chi connectivity index (χ3n) is 15.0. The van der Waals surface area contributed by atoms with E-state index in [4.69, 9.17) is 0 Å². The van der Waals surface area contributed by atoms with Gasteiger partial charge in [-0.2, -0.15) is 0 Å². The summed E-state index contributed by atoms with van der Waals surface area (Å²) in [5, 5.41) is 7.78. The molecule has 2 aliphatic carbocycles. The van der Waals surface area contributed by atoms with Crippen LogP contribution < -0.4 is 0 Å². The molecule has 68 heavy (non-hydrogen) atoms. The zero-order chi connectivity index (χ0) is 44.7. The summed E-state index contributed by atoms with van der Waals surface area (Å²) in [6.45, 7) is 0. The highest BCUT2D eigenvalue weighted by Gasteiger charge is 2.33. The van der Waals surface area contributed by atoms with E-state index in [1.807, 2.05) is 0 Å². The molecule has 0 N–H and O–H groups in total. The SMILES string of the molecule is c1ccc(-n2c3ccccc3c3cc(-c4ccc(CC[C@@H](c5ccc6c(c5)C(=C5c7ccccc7-c7ccccc75)c5ccccc5-6)c5cc6ccccc6c6ccccc56)cc4)ccc32)cc1. The third-order valence-corrected chi connectivity index (χ3v) is 15.0. The van der Waals surface area contributed by atoms with Crippen molar-refractivity contribution in [3.05, 3.63) is 282 Å². The Bertz CT molecular complexity index is 3970. The predicted octanol–water partition coefficient (Wildman–Crippen LogP) is 17.5. The predicted molar refractivity (Wildman–Crippen MR) is 287 cm³/mol. The van der Waals surface area contributed by atoms with E-state index < -0.39 is 0 Å². The molecule has 0 amide bonds. The quantitative estimate of drug-likeness (QED) is 0.141. The first-order valence-electron chi connectivity index (χ1n) is 24.0. The topological polar surface area (TPSA) is 4.93 Å². The van der Waals surface area contributed by atoms with Gasteiger partial charge in [-0.25, -0.2) is 0 Å². The van der Waals surface area contributed by atoms with E-state index in [1.165, 1.54) is 133 Å². The van der Waals surface area contributed by atoms with Crippen molar-refractivity contribution in [2.75, 3.05) is 0 Å². The second-order valence-electron chi connectivity index (χ2n) is 18.6. The highest BCUT2D eigenvalue weighted by atomic mass is 15.0. The second-order valence-corrected chi connectivity index (χ2v) is 18.6. The Labute approximate surface area is 396 Å². The first-order chi connectivity index (χ1) is 33.7. The Morgan fingerprint density at radius 1 is 0.324 bits per heavy atom. The Hall–Kier alpha value is -8.52. The Morgan fingerprint density at radius 3 is 1.56 bits per heavy atom.